The standard InChI is InChI=1S/C22H27NO4S/c1-4-28(25,26)21(22(24)27-3)19-15-23(16(19)2)20(17-11-7-5-8-12-17)18-13-9-6-10-14-18/h5-14,16,19-21H,4,15H2,1-3H3/t16-,19+,21?/m1/s1. The van der Waals surface area contributed by atoms with Gasteiger partial charge < -0.3 is 4.74 Å². The van der Waals surface area contributed by atoms with Gasteiger partial charge >= 0.3 is 5.97 Å². The van der Waals surface area contributed by atoms with E-state index in [2.05, 4.69) is 29.2 Å². The quantitative estimate of drug-likeness (QED) is 0.667. The van der Waals surface area contributed by atoms with E-state index in [1.165, 1.54) is 7.11 Å². The van der Waals surface area contributed by atoms with Crippen LogP contribution in [0.3, 0.4) is 0 Å². The fraction of sp³-hybridized carbons (Fsp3) is 0.409. The van der Waals surface area contributed by atoms with Crippen LogP contribution in [0, 0.1) is 5.92 Å². The summed E-state index contributed by atoms with van der Waals surface area (Å²) in [5.41, 5.74) is 2.29. The first-order valence-electron chi connectivity index (χ1n) is 9.55. The zero-order chi connectivity index (χ0) is 20.3. The van der Waals surface area contributed by atoms with Crippen LogP contribution in [-0.4, -0.2) is 50.0 Å². The van der Waals surface area contributed by atoms with Crippen LogP contribution in [0.2, 0.25) is 0 Å². The summed E-state index contributed by atoms with van der Waals surface area (Å²) in [5.74, 6) is -1.02. The number of esters is 1. The van der Waals surface area contributed by atoms with Crippen LogP contribution in [0.15, 0.2) is 60.7 Å². The minimum absolute atomic E-state index is 0.0104. The van der Waals surface area contributed by atoms with Gasteiger partial charge in [-0.2, -0.15) is 0 Å². The zero-order valence-electron chi connectivity index (χ0n) is 16.5. The van der Waals surface area contributed by atoms with Gasteiger partial charge in [-0.15, -0.1) is 0 Å². The third-order valence-electron chi connectivity index (χ3n) is 5.74. The molecule has 0 N–H and O–H groups in total. The summed E-state index contributed by atoms with van der Waals surface area (Å²) < 4.78 is 30.0. The van der Waals surface area contributed by atoms with Crippen molar-refractivity contribution < 1.29 is 17.9 Å². The fourth-order valence-electron chi connectivity index (χ4n) is 4.09. The first kappa shape index (κ1) is 20.6. The molecule has 0 saturated carbocycles. The second-order valence-corrected chi connectivity index (χ2v) is 9.63. The number of ether oxygens (including phenoxy) is 1. The molecular weight excluding hydrogens is 374 g/mol. The number of carbonyl (C=O) groups excluding carboxylic acids is 1. The lowest BCUT2D eigenvalue weighted by molar-refractivity contribution is -0.144. The van der Waals surface area contributed by atoms with Crippen LogP contribution in [0.5, 0.6) is 0 Å². The van der Waals surface area contributed by atoms with E-state index in [9.17, 15) is 13.2 Å². The molecule has 0 radical (unpaired) electrons. The second-order valence-electron chi connectivity index (χ2n) is 7.22. The molecule has 0 amide bonds. The van der Waals surface area contributed by atoms with Gasteiger partial charge in [0.1, 0.15) is 0 Å². The van der Waals surface area contributed by atoms with E-state index in [4.69, 9.17) is 4.74 Å². The molecule has 150 valence electrons. The number of carbonyl (C=O) groups is 1. The highest BCUT2D eigenvalue weighted by atomic mass is 32.2. The van der Waals surface area contributed by atoms with Crippen LogP contribution >= 0.6 is 0 Å². The van der Waals surface area contributed by atoms with Gasteiger partial charge in [0, 0.05) is 24.3 Å². The van der Waals surface area contributed by atoms with E-state index >= 15 is 0 Å². The highest BCUT2D eigenvalue weighted by Crippen LogP contribution is 2.41. The molecule has 2 aromatic rings. The average Bonchev–Trinajstić information content (AvgIpc) is 2.73. The van der Waals surface area contributed by atoms with Crippen molar-refractivity contribution in [3.63, 3.8) is 0 Å². The molecule has 5 nitrogen and oxygen atoms in total. The Labute approximate surface area is 167 Å². The van der Waals surface area contributed by atoms with E-state index in [1.807, 2.05) is 43.3 Å². The highest BCUT2D eigenvalue weighted by Gasteiger charge is 2.51. The largest absolute Gasteiger partial charge is 0.468 e. The van der Waals surface area contributed by atoms with Gasteiger partial charge in [-0.25, -0.2) is 8.42 Å². The van der Waals surface area contributed by atoms with E-state index < -0.39 is 21.1 Å². The Morgan fingerprint density at radius 2 is 1.57 bits per heavy atom. The van der Waals surface area contributed by atoms with Crippen molar-refractivity contribution in [2.24, 2.45) is 5.92 Å². The summed E-state index contributed by atoms with van der Waals surface area (Å²) in [6.45, 7) is 4.09. The molecule has 0 aromatic heterocycles. The monoisotopic (exact) mass is 401 g/mol. The van der Waals surface area contributed by atoms with Gasteiger partial charge in [-0.3, -0.25) is 9.69 Å². The van der Waals surface area contributed by atoms with Crippen molar-refractivity contribution in [1.82, 2.24) is 4.90 Å². The Morgan fingerprint density at radius 1 is 1.07 bits per heavy atom. The molecule has 1 heterocycles. The summed E-state index contributed by atoms with van der Waals surface area (Å²) in [7, 11) is -2.30. The number of hydrogen-bond acceptors (Lipinski definition) is 5. The lowest BCUT2D eigenvalue weighted by Gasteiger charge is -2.52. The molecule has 1 aliphatic heterocycles. The van der Waals surface area contributed by atoms with Gasteiger partial charge in [0.2, 0.25) is 0 Å². The van der Waals surface area contributed by atoms with Crippen molar-refractivity contribution in [1.29, 1.82) is 0 Å². The minimum Gasteiger partial charge on any atom is -0.468 e. The maximum Gasteiger partial charge on any atom is 0.324 e. The topological polar surface area (TPSA) is 63.7 Å². The molecule has 0 bridgehead atoms. The van der Waals surface area contributed by atoms with E-state index in [1.54, 1.807) is 6.92 Å². The average molecular weight is 402 g/mol. The van der Waals surface area contributed by atoms with Crippen LogP contribution in [0.1, 0.15) is 31.0 Å². The summed E-state index contributed by atoms with van der Waals surface area (Å²) in [6, 6.07) is 20.2. The number of hydrogen-bond donors (Lipinski definition) is 0. The smallest absolute Gasteiger partial charge is 0.324 e. The minimum atomic E-state index is -3.54. The van der Waals surface area contributed by atoms with Gasteiger partial charge in [0.15, 0.2) is 15.1 Å². The number of rotatable bonds is 7. The first-order chi connectivity index (χ1) is 13.4. The molecule has 0 spiro atoms. The fourth-order valence-corrected chi connectivity index (χ4v) is 5.68. The van der Waals surface area contributed by atoms with E-state index in [0.29, 0.717) is 6.54 Å². The molecule has 6 heteroatoms. The van der Waals surface area contributed by atoms with Crippen LogP contribution < -0.4 is 0 Å². The predicted octanol–water partition coefficient (Wildman–Crippen LogP) is 3.07. The maximum atomic E-state index is 12.6. The lowest BCUT2D eigenvalue weighted by atomic mass is 9.82. The van der Waals surface area contributed by atoms with Crippen molar-refractivity contribution in [2.75, 3.05) is 19.4 Å². The molecule has 1 fully saturated rings. The van der Waals surface area contributed by atoms with Crippen molar-refractivity contribution in [3.05, 3.63) is 71.8 Å². The first-order valence-corrected chi connectivity index (χ1v) is 11.3. The van der Waals surface area contributed by atoms with E-state index in [0.717, 1.165) is 11.1 Å². The molecule has 3 rings (SSSR count). The lowest BCUT2D eigenvalue weighted by Crippen LogP contribution is -2.63. The third-order valence-corrected chi connectivity index (χ3v) is 7.86. The zero-order valence-corrected chi connectivity index (χ0v) is 17.3. The third kappa shape index (κ3) is 3.84. The Morgan fingerprint density at radius 3 is 1.96 bits per heavy atom. The van der Waals surface area contributed by atoms with Gasteiger partial charge in [-0.05, 0) is 18.1 Å². The molecule has 3 atom stereocenters. The number of sulfone groups is 1. The predicted molar refractivity (Wildman–Crippen MR) is 110 cm³/mol. The van der Waals surface area contributed by atoms with Crippen molar-refractivity contribution >= 4 is 15.8 Å². The molecular formula is C22H27NO4S. The number of nitrogens with zero attached hydrogens (tertiary/aromatic N) is 1. The molecule has 2 aromatic carbocycles. The highest BCUT2D eigenvalue weighted by molar-refractivity contribution is 7.92. The van der Waals surface area contributed by atoms with Gasteiger partial charge in [0.05, 0.1) is 13.2 Å². The Bertz CT molecular complexity index is 859. The molecule has 1 aliphatic rings. The molecule has 1 unspecified atom stereocenters. The Balaban J connectivity index is 1.92. The SMILES string of the molecule is CCS(=O)(=O)C(C(=O)OC)[C@H]1CN(C(c2ccccc2)c2ccccc2)[C@@H]1C. The number of likely N-dealkylation sites (tertiary alicyclic amines) is 1. The summed E-state index contributed by atoms with van der Waals surface area (Å²) in [5, 5.41) is -1.11. The summed E-state index contributed by atoms with van der Waals surface area (Å²) in [4.78, 5) is 14.6. The van der Waals surface area contributed by atoms with Gasteiger partial charge in [0.25, 0.3) is 0 Å². The maximum absolute atomic E-state index is 12.6. The Hall–Kier alpha value is -2.18. The number of benzene rings is 2. The summed E-state index contributed by atoms with van der Waals surface area (Å²) >= 11 is 0. The summed E-state index contributed by atoms with van der Waals surface area (Å²) in [6.07, 6.45) is 0. The number of methoxy groups -OCH3 is 1. The molecule has 0 aliphatic carbocycles. The van der Waals surface area contributed by atoms with Crippen molar-refractivity contribution in [3.8, 4) is 0 Å². The Kier molecular flexibility index (Phi) is 6.20. The molecule has 1 saturated heterocycles. The van der Waals surface area contributed by atoms with E-state index in [-0.39, 0.29) is 23.8 Å². The van der Waals surface area contributed by atoms with Crippen LogP contribution in [-0.2, 0) is 19.4 Å². The van der Waals surface area contributed by atoms with Crippen LogP contribution in [0.25, 0.3) is 0 Å². The normalized spacial score (nSPS) is 21.1. The van der Waals surface area contributed by atoms with Crippen molar-refractivity contribution in [2.45, 2.75) is 31.2 Å². The van der Waals surface area contributed by atoms with Crippen LogP contribution in [0.4, 0.5) is 0 Å². The molecule has 28 heavy (non-hydrogen) atoms. The van der Waals surface area contributed by atoms with Gasteiger partial charge in [-0.1, -0.05) is 67.6 Å². The second kappa shape index (κ2) is 8.45.